The van der Waals surface area contributed by atoms with Crippen molar-refractivity contribution in [2.75, 3.05) is 20.1 Å². The molecule has 0 spiro atoms. The van der Waals surface area contributed by atoms with Crippen LogP contribution in [-0.2, 0) is 13.1 Å². The van der Waals surface area contributed by atoms with Crippen LogP contribution in [0.3, 0.4) is 0 Å². The summed E-state index contributed by atoms with van der Waals surface area (Å²) in [6.45, 7) is 3.84. The Morgan fingerprint density at radius 1 is 1.42 bits per heavy atom. The molecule has 0 atom stereocenters. The van der Waals surface area contributed by atoms with Crippen molar-refractivity contribution in [1.29, 1.82) is 0 Å². The molecule has 2 aromatic heterocycles. The SMILES string of the molecule is CN(CCNCc1ccccn1)Cc1cc(Br)cs1. The quantitative estimate of drug-likeness (QED) is 0.785. The van der Waals surface area contributed by atoms with Gasteiger partial charge in [0, 0.05) is 47.1 Å². The predicted octanol–water partition coefficient (Wildman–Crippen LogP) is 3.13. The summed E-state index contributed by atoms with van der Waals surface area (Å²) in [7, 11) is 2.15. The lowest BCUT2D eigenvalue weighted by molar-refractivity contribution is 0.326. The number of halogens is 1. The van der Waals surface area contributed by atoms with Crippen LogP contribution in [0.1, 0.15) is 10.6 Å². The van der Waals surface area contributed by atoms with E-state index in [1.165, 1.54) is 9.35 Å². The second kappa shape index (κ2) is 7.75. The monoisotopic (exact) mass is 339 g/mol. The van der Waals surface area contributed by atoms with Gasteiger partial charge in [-0.25, -0.2) is 0 Å². The summed E-state index contributed by atoms with van der Waals surface area (Å²) < 4.78 is 1.18. The summed E-state index contributed by atoms with van der Waals surface area (Å²) in [6.07, 6.45) is 1.83. The van der Waals surface area contributed by atoms with Gasteiger partial charge in [-0.15, -0.1) is 11.3 Å². The zero-order valence-electron chi connectivity index (χ0n) is 11.0. The van der Waals surface area contributed by atoms with E-state index < -0.39 is 0 Å². The van der Waals surface area contributed by atoms with Crippen molar-refractivity contribution in [3.05, 3.63) is 50.9 Å². The zero-order valence-corrected chi connectivity index (χ0v) is 13.4. The Bertz CT molecular complexity index is 486. The van der Waals surface area contributed by atoms with Crippen LogP contribution >= 0.6 is 27.3 Å². The van der Waals surface area contributed by atoms with Gasteiger partial charge in [-0.3, -0.25) is 4.98 Å². The first-order valence-electron chi connectivity index (χ1n) is 6.26. The molecule has 1 N–H and O–H groups in total. The van der Waals surface area contributed by atoms with Crippen molar-refractivity contribution in [2.45, 2.75) is 13.1 Å². The second-order valence-electron chi connectivity index (χ2n) is 4.47. The van der Waals surface area contributed by atoms with Crippen molar-refractivity contribution in [3.8, 4) is 0 Å². The molecule has 0 radical (unpaired) electrons. The van der Waals surface area contributed by atoms with Crippen LogP contribution < -0.4 is 5.32 Å². The molecule has 0 bridgehead atoms. The van der Waals surface area contributed by atoms with Gasteiger partial charge >= 0.3 is 0 Å². The van der Waals surface area contributed by atoms with Crippen LogP contribution in [0.25, 0.3) is 0 Å². The molecule has 0 aromatic carbocycles. The van der Waals surface area contributed by atoms with E-state index in [-0.39, 0.29) is 0 Å². The van der Waals surface area contributed by atoms with Crippen molar-refractivity contribution in [3.63, 3.8) is 0 Å². The molecule has 0 fully saturated rings. The van der Waals surface area contributed by atoms with E-state index in [1.807, 2.05) is 24.4 Å². The molecule has 2 rings (SSSR count). The van der Waals surface area contributed by atoms with Gasteiger partial charge in [-0.2, -0.15) is 0 Å². The Kier molecular flexibility index (Phi) is 5.97. The maximum absolute atomic E-state index is 4.29. The molecule has 102 valence electrons. The maximum Gasteiger partial charge on any atom is 0.0541 e. The molecule has 0 saturated carbocycles. The molecule has 0 amide bonds. The highest BCUT2D eigenvalue weighted by Crippen LogP contribution is 2.20. The highest BCUT2D eigenvalue weighted by molar-refractivity contribution is 9.10. The molecule has 19 heavy (non-hydrogen) atoms. The number of hydrogen-bond donors (Lipinski definition) is 1. The maximum atomic E-state index is 4.29. The first-order valence-corrected chi connectivity index (χ1v) is 7.93. The zero-order chi connectivity index (χ0) is 13.5. The predicted molar refractivity (Wildman–Crippen MR) is 84.3 cm³/mol. The second-order valence-corrected chi connectivity index (χ2v) is 6.38. The third-order valence-corrected chi connectivity index (χ3v) is 4.43. The number of pyridine rings is 1. The van der Waals surface area contributed by atoms with Crippen LogP contribution in [0, 0.1) is 0 Å². The number of aromatic nitrogens is 1. The van der Waals surface area contributed by atoms with E-state index in [0.717, 1.165) is 31.9 Å². The van der Waals surface area contributed by atoms with Gasteiger partial charge in [0.2, 0.25) is 0 Å². The largest absolute Gasteiger partial charge is 0.310 e. The standard InChI is InChI=1S/C14H18BrN3S/c1-18(10-14-8-12(15)11-19-14)7-6-16-9-13-4-2-3-5-17-13/h2-5,8,11,16H,6-7,9-10H2,1H3. The normalized spacial score (nSPS) is 11.1. The van der Waals surface area contributed by atoms with Gasteiger partial charge in [-0.1, -0.05) is 6.07 Å². The van der Waals surface area contributed by atoms with E-state index in [9.17, 15) is 0 Å². The lowest BCUT2D eigenvalue weighted by Crippen LogP contribution is -2.28. The summed E-state index contributed by atoms with van der Waals surface area (Å²) in [4.78, 5) is 8.00. The third-order valence-electron chi connectivity index (χ3n) is 2.75. The molecule has 0 saturated heterocycles. The van der Waals surface area contributed by atoms with Crippen molar-refractivity contribution < 1.29 is 0 Å². The molecule has 2 heterocycles. The third kappa shape index (κ3) is 5.40. The van der Waals surface area contributed by atoms with Gasteiger partial charge < -0.3 is 10.2 Å². The molecule has 0 aliphatic rings. The first kappa shape index (κ1) is 14.7. The lowest BCUT2D eigenvalue weighted by Gasteiger charge is -2.15. The Labute approximate surface area is 126 Å². The number of hydrogen-bond acceptors (Lipinski definition) is 4. The fourth-order valence-electron chi connectivity index (χ4n) is 1.77. The molecule has 0 unspecified atom stereocenters. The number of rotatable bonds is 7. The minimum Gasteiger partial charge on any atom is -0.310 e. The van der Waals surface area contributed by atoms with Crippen LogP contribution in [0.4, 0.5) is 0 Å². The fraction of sp³-hybridized carbons (Fsp3) is 0.357. The Balaban J connectivity index is 1.63. The van der Waals surface area contributed by atoms with Gasteiger partial charge in [0.25, 0.3) is 0 Å². The Hall–Kier alpha value is -0.750. The summed E-state index contributed by atoms with van der Waals surface area (Å²) in [5, 5.41) is 5.54. The van der Waals surface area contributed by atoms with Gasteiger partial charge in [0.15, 0.2) is 0 Å². The van der Waals surface area contributed by atoms with E-state index in [4.69, 9.17) is 0 Å². The highest BCUT2D eigenvalue weighted by atomic mass is 79.9. The summed E-state index contributed by atoms with van der Waals surface area (Å²) in [5.74, 6) is 0. The van der Waals surface area contributed by atoms with E-state index >= 15 is 0 Å². The summed E-state index contributed by atoms with van der Waals surface area (Å²) in [6, 6.07) is 8.18. The highest BCUT2D eigenvalue weighted by Gasteiger charge is 2.02. The molecule has 2 aromatic rings. The molecule has 3 nitrogen and oxygen atoms in total. The summed E-state index contributed by atoms with van der Waals surface area (Å²) >= 11 is 5.28. The average molecular weight is 340 g/mol. The molecule has 0 aliphatic heterocycles. The molecule has 0 aliphatic carbocycles. The average Bonchev–Trinajstić information content (AvgIpc) is 2.81. The first-order chi connectivity index (χ1) is 9.24. The van der Waals surface area contributed by atoms with Crippen molar-refractivity contribution >= 4 is 27.3 Å². The molecular formula is C14H18BrN3S. The Morgan fingerprint density at radius 3 is 3.00 bits per heavy atom. The van der Waals surface area contributed by atoms with Gasteiger partial charge in [-0.05, 0) is 41.2 Å². The minimum atomic E-state index is 0.833. The minimum absolute atomic E-state index is 0.833. The van der Waals surface area contributed by atoms with Crippen LogP contribution in [0.5, 0.6) is 0 Å². The van der Waals surface area contributed by atoms with Crippen LogP contribution in [0.15, 0.2) is 40.3 Å². The smallest absolute Gasteiger partial charge is 0.0541 e. The lowest BCUT2D eigenvalue weighted by atomic mass is 10.3. The number of nitrogens with zero attached hydrogens (tertiary/aromatic N) is 2. The summed E-state index contributed by atoms with van der Waals surface area (Å²) in [5.41, 5.74) is 1.09. The van der Waals surface area contributed by atoms with E-state index in [0.29, 0.717) is 0 Å². The topological polar surface area (TPSA) is 28.2 Å². The number of likely N-dealkylation sites (N-methyl/N-ethyl adjacent to an activating group) is 1. The van der Waals surface area contributed by atoms with Crippen LogP contribution in [-0.4, -0.2) is 30.0 Å². The number of nitrogens with one attached hydrogen (secondary N) is 1. The van der Waals surface area contributed by atoms with Gasteiger partial charge in [0.1, 0.15) is 0 Å². The molecule has 5 heteroatoms. The van der Waals surface area contributed by atoms with Gasteiger partial charge in [0.05, 0.1) is 5.69 Å². The number of thiophene rings is 1. The van der Waals surface area contributed by atoms with Crippen LogP contribution in [0.2, 0.25) is 0 Å². The Morgan fingerprint density at radius 2 is 2.32 bits per heavy atom. The molecular weight excluding hydrogens is 322 g/mol. The van der Waals surface area contributed by atoms with Crippen molar-refractivity contribution in [2.24, 2.45) is 0 Å². The fourth-order valence-corrected chi connectivity index (χ4v) is 3.30. The van der Waals surface area contributed by atoms with E-state index in [1.54, 1.807) is 11.3 Å². The van der Waals surface area contributed by atoms with Crippen molar-refractivity contribution in [1.82, 2.24) is 15.2 Å². The van der Waals surface area contributed by atoms with E-state index in [2.05, 4.69) is 49.6 Å².